The van der Waals surface area contributed by atoms with Gasteiger partial charge < -0.3 is 0 Å². The van der Waals surface area contributed by atoms with Gasteiger partial charge in [-0.25, -0.2) is 27.0 Å². The van der Waals surface area contributed by atoms with Gasteiger partial charge in [0.05, 0.1) is 11.4 Å². The van der Waals surface area contributed by atoms with Crippen molar-refractivity contribution in [2.75, 3.05) is 0 Å². The van der Waals surface area contributed by atoms with Gasteiger partial charge in [0, 0.05) is 11.6 Å². The van der Waals surface area contributed by atoms with Gasteiger partial charge in [-0.15, -0.1) is 0 Å². The Morgan fingerprint density at radius 2 is 1.59 bits per heavy atom. The number of halogens is 5. The van der Waals surface area contributed by atoms with Gasteiger partial charge in [0.15, 0.2) is 5.69 Å². The molecule has 142 valence electrons. The summed E-state index contributed by atoms with van der Waals surface area (Å²) in [5.74, 6) is -1.84. The fourth-order valence-electron chi connectivity index (χ4n) is 2.39. The summed E-state index contributed by atoms with van der Waals surface area (Å²) < 4.78 is 89.8. The van der Waals surface area contributed by atoms with Crippen molar-refractivity contribution in [3.63, 3.8) is 0 Å². The van der Waals surface area contributed by atoms with Crippen LogP contribution in [0, 0.1) is 11.6 Å². The number of nitrogens with zero attached hydrogens (tertiary/aromatic N) is 2. The van der Waals surface area contributed by atoms with Crippen LogP contribution < -0.4 is 5.14 Å². The van der Waals surface area contributed by atoms with E-state index in [4.69, 9.17) is 5.14 Å². The number of hydrogen-bond acceptors (Lipinski definition) is 3. The lowest BCUT2D eigenvalue weighted by Crippen LogP contribution is -2.14. The van der Waals surface area contributed by atoms with Crippen LogP contribution in [0.2, 0.25) is 0 Å². The van der Waals surface area contributed by atoms with Crippen LogP contribution in [0.25, 0.3) is 16.9 Å². The number of alkyl halides is 3. The van der Waals surface area contributed by atoms with Crippen LogP contribution in [0.4, 0.5) is 22.0 Å². The Labute approximate surface area is 149 Å². The van der Waals surface area contributed by atoms with Gasteiger partial charge in [-0.05, 0) is 42.5 Å². The minimum absolute atomic E-state index is 0.0925. The molecule has 0 atom stereocenters. The molecule has 27 heavy (non-hydrogen) atoms. The molecule has 0 spiro atoms. The van der Waals surface area contributed by atoms with E-state index in [0.717, 1.165) is 35.0 Å². The van der Waals surface area contributed by atoms with Gasteiger partial charge in [-0.3, -0.25) is 0 Å². The zero-order chi connectivity index (χ0) is 20.0. The SMILES string of the molecule is NS(=O)(=O)c1ccc(-n2nc(C(F)(F)F)cc2-c2ccc(F)cc2)cc1F. The summed E-state index contributed by atoms with van der Waals surface area (Å²) in [6.45, 7) is 0. The fourth-order valence-corrected chi connectivity index (χ4v) is 2.98. The quantitative estimate of drug-likeness (QED) is 0.680. The Balaban J connectivity index is 2.21. The number of primary sulfonamides is 1. The highest BCUT2D eigenvalue weighted by Gasteiger charge is 2.35. The summed E-state index contributed by atoms with van der Waals surface area (Å²) in [5.41, 5.74) is -1.33. The molecule has 0 fully saturated rings. The third-order valence-electron chi connectivity index (χ3n) is 3.61. The van der Waals surface area contributed by atoms with E-state index >= 15 is 0 Å². The molecule has 0 unspecified atom stereocenters. The molecule has 1 heterocycles. The van der Waals surface area contributed by atoms with Gasteiger partial charge in [0.2, 0.25) is 10.0 Å². The van der Waals surface area contributed by atoms with Crippen LogP contribution in [0.3, 0.4) is 0 Å². The van der Waals surface area contributed by atoms with Crippen molar-refractivity contribution in [3.8, 4) is 16.9 Å². The summed E-state index contributed by atoms with van der Waals surface area (Å²) in [6.07, 6.45) is -4.78. The van der Waals surface area contributed by atoms with Gasteiger partial charge in [-0.1, -0.05) is 0 Å². The standard InChI is InChI=1S/C16H10F5N3O2S/c17-10-3-1-9(2-4-10)13-8-15(16(19,20)21)23-24(13)11-5-6-14(12(18)7-11)27(22,25)26/h1-8H,(H2,22,25,26). The van der Waals surface area contributed by atoms with Gasteiger partial charge >= 0.3 is 6.18 Å². The highest BCUT2D eigenvalue weighted by atomic mass is 32.2. The molecule has 0 saturated carbocycles. The number of hydrogen-bond donors (Lipinski definition) is 1. The van der Waals surface area contributed by atoms with Crippen LogP contribution in [0.15, 0.2) is 53.4 Å². The summed E-state index contributed by atoms with van der Waals surface area (Å²) in [4.78, 5) is -0.808. The summed E-state index contributed by atoms with van der Waals surface area (Å²) in [7, 11) is -4.34. The molecular weight excluding hydrogens is 393 g/mol. The maximum atomic E-state index is 14.1. The Morgan fingerprint density at radius 3 is 2.11 bits per heavy atom. The van der Waals surface area contributed by atoms with Crippen LogP contribution in [-0.4, -0.2) is 18.2 Å². The Morgan fingerprint density at radius 1 is 0.963 bits per heavy atom. The lowest BCUT2D eigenvalue weighted by Gasteiger charge is -2.09. The first kappa shape index (κ1) is 19.0. The number of aromatic nitrogens is 2. The Bertz CT molecular complexity index is 1110. The highest BCUT2D eigenvalue weighted by molar-refractivity contribution is 7.89. The van der Waals surface area contributed by atoms with Gasteiger partial charge in [0.25, 0.3) is 0 Å². The predicted molar refractivity (Wildman–Crippen MR) is 85.3 cm³/mol. The fraction of sp³-hybridized carbons (Fsp3) is 0.0625. The molecule has 0 saturated heterocycles. The van der Waals surface area contributed by atoms with E-state index in [9.17, 15) is 30.4 Å². The van der Waals surface area contributed by atoms with Gasteiger partial charge in [0.1, 0.15) is 16.5 Å². The molecule has 0 radical (unpaired) electrons. The summed E-state index contributed by atoms with van der Waals surface area (Å²) in [6, 6.07) is 7.86. The molecule has 5 nitrogen and oxygen atoms in total. The average molecular weight is 403 g/mol. The molecule has 0 aliphatic heterocycles. The van der Waals surface area contributed by atoms with Crippen LogP contribution in [0.1, 0.15) is 5.69 Å². The first-order chi connectivity index (χ1) is 12.5. The van der Waals surface area contributed by atoms with E-state index in [1.54, 1.807) is 0 Å². The molecular formula is C16H10F5N3O2S. The minimum atomic E-state index is -4.78. The van der Waals surface area contributed by atoms with Crippen molar-refractivity contribution in [2.45, 2.75) is 11.1 Å². The van der Waals surface area contributed by atoms with Crippen molar-refractivity contribution >= 4 is 10.0 Å². The van der Waals surface area contributed by atoms with E-state index in [1.165, 1.54) is 12.1 Å². The lowest BCUT2D eigenvalue weighted by molar-refractivity contribution is -0.141. The van der Waals surface area contributed by atoms with Crippen molar-refractivity contribution in [3.05, 3.63) is 65.9 Å². The molecule has 2 N–H and O–H groups in total. The topological polar surface area (TPSA) is 78.0 Å². The largest absolute Gasteiger partial charge is 0.435 e. The van der Waals surface area contributed by atoms with Crippen molar-refractivity contribution < 1.29 is 30.4 Å². The number of nitrogens with two attached hydrogens (primary N) is 1. The molecule has 1 aromatic heterocycles. The normalized spacial score (nSPS) is 12.4. The first-order valence-corrected chi connectivity index (χ1v) is 8.77. The van der Waals surface area contributed by atoms with Crippen molar-refractivity contribution in [2.24, 2.45) is 5.14 Å². The van der Waals surface area contributed by atoms with Crippen molar-refractivity contribution in [1.82, 2.24) is 9.78 Å². The molecule has 3 aromatic rings. The van der Waals surface area contributed by atoms with E-state index < -0.39 is 38.4 Å². The van der Waals surface area contributed by atoms with Crippen LogP contribution >= 0.6 is 0 Å². The van der Waals surface area contributed by atoms with E-state index in [1.807, 2.05) is 0 Å². The van der Waals surface area contributed by atoms with Crippen molar-refractivity contribution in [1.29, 1.82) is 0 Å². The smallest absolute Gasteiger partial charge is 0.232 e. The molecule has 2 aromatic carbocycles. The monoisotopic (exact) mass is 403 g/mol. The number of benzene rings is 2. The van der Waals surface area contributed by atoms with E-state index in [0.29, 0.717) is 6.07 Å². The Kier molecular flexibility index (Phi) is 4.52. The lowest BCUT2D eigenvalue weighted by atomic mass is 10.1. The van der Waals surface area contributed by atoms with Gasteiger partial charge in [-0.2, -0.15) is 18.3 Å². The van der Waals surface area contributed by atoms with Crippen LogP contribution in [-0.2, 0) is 16.2 Å². The first-order valence-electron chi connectivity index (χ1n) is 7.23. The zero-order valence-corrected chi connectivity index (χ0v) is 14.0. The van der Waals surface area contributed by atoms with E-state index in [-0.39, 0.29) is 16.9 Å². The third kappa shape index (κ3) is 3.83. The second-order valence-electron chi connectivity index (χ2n) is 5.49. The second-order valence-corrected chi connectivity index (χ2v) is 7.02. The molecule has 0 bridgehead atoms. The molecule has 0 aliphatic rings. The molecule has 0 aliphatic carbocycles. The maximum absolute atomic E-state index is 14.1. The van der Waals surface area contributed by atoms with E-state index in [2.05, 4.69) is 5.10 Å². The van der Waals surface area contributed by atoms with Crippen LogP contribution in [0.5, 0.6) is 0 Å². The molecule has 11 heteroatoms. The number of sulfonamides is 1. The summed E-state index contributed by atoms with van der Waals surface area (Å²) in [5, 5.41) is 8.30. The summed E-state index contributed by atoms with van der Waals surface area (Å²) >= 11 is 0. The number of rotatable bonds is 3. The maximum Gasteiger partial charge on any atom is 0.435 e. The minimum Gasteiger partial charge on any atom is -0.232 e. The Hall–Kier alpha value is -2.79. The second kappa shape index (κ2) is 6.43. The predicted octanol–water partition coefficient (Wildman–Crippen LogP) is 3.48. The zero-order valence-electron chi connectivity index (χ0n) is 13.2. The highest BCUT2D eigenvalue weighted by Crippen LogP contribution is 2.33. The average Bonchev–Trinajstić information content (AvgIpc) is 2.99. The third-order valence-corrected chi connectivity index (χ3v) is 4.55. The molecule has 0 amide bonds. The molecule has 3 rings (SSSR count).